The highest BCUT2D eigenvalue weighted by Crippen LogP contribution is 2.40. The van der Waals surface area contributed by atoms with Crippen molar-refractivity contribution in [1.82, 2.24) is 14.5 Å². The van der Waals surface area contributed by atoms with E-state index in [1.54, 1.807) is 22.6 Å². The van der Waals surface area contributed by atoms with Crippen molar-refractivity contribution in [1.29, 1.82) is 0 Å². The van der Waals surface area contributed by atoms with E-state index in [-0.39, 0.29) is 19.1 Å². The fraction of sp³-hybridized carbons (Fsp3) is 0.400. The topological polar surface area (TPSA) is 77.1 Å². The largest absolute Gasteiger partial charge is 0.619 e. The number of amides is 1. The van der Waals surface area contributed by atoms with E-state index in [9.17, 15) is 27.6 Å². The molecule has 1 amide bonds. The second-order valence-electron chi connectivity index (χ2n) is 9.42. The highest BCUT2D eigenvalue weighted by molar-refractivity contribution is 5.93. The number of pyridine rings is 1. The third kappa shape index (κ3) is 4.67. The van der Waals surface area contributed by atoms with Gasteiger partial charge >= 0.3 is 0 Å². The number of piperidine rings is 1. The summed E-state index contributed by atoms with van der Waals surface area (Å²) in [6, 6.07) is 5.15. The first kappa shape index (κ1) is 24.2. The van der Waals surface area contributed by atoms with Gasteiger partial charge in [-0.1, -0.05) is 0 Å². The SMILES string of the molecule is C[C@H](C(=O)Nc1cn2c(n1)CC[C@@H]2c1cc(F)cc(F)c1)N1CCC(F)(F)[C@H](c2cc[n+]([O-])cc2)C1. The minimum atomic E-state index is -2.96. The van der Waals surface area contributed by atoms with Crippen molar-refractivity contribution in [2.45, 2.75) is 50.1 Å². The zero-order chi connectivity index (χ0) is 25.6. The predicted octanol–water partition coefficient (Wildman–Crippen LogP) is 3.78. The molecule has 3 atom stereocenters. The van der Waals surface area contributed by atoms with Crippen LogP contribution in [0.4, 0.5) is 23.4 Å². The standard InChI is InChI=1S/C25H25F4N5O2/c1-15(32-9-6-25(28,29)20(13-32)16-4-7-33(36)8-5-16)24(35)31-22-14-34-21(2-3-23(34)30-22)17-10-18(26)12-19(27)11-17/h4-5,7-8,10-12,14-15,20-21H,2-3,6,9,13H2,1H3,(H,31,35)/t15-,20+,21-/m1/s1. The lowest BCUT2D eigenvalue weighted by molar-refractivity contribution is -0.605. The van der Waals surface area contributed by atoms with E-state index in [1.165, 1.54) is 36.7 Å². The smallest absolute Gasteiger partial charge is 0.257 e. The van der Waals surface area contributed by atoms with Crippen LogP contribution in [0.1, 0.15) is 48.7 Å². The molecule has 1 saturated heterocycles. The highest BCUT2D eigenvalue weighted by atomic mass is 19.3. The molecule has 5 rings (SSSR count). The number of nitrogens with one attached hydrogen (secondary N) is 1. The number of likely N-dealkylation sites (tertiary alicyclic amines) is 1. The zero-order valence-corrected chi connectivity index (χ0v) is 19.5. The maximum Gasteiger partial charge on any atom is 0.257 e. The van der Waals surface area contributed by atoms with Crippen LogP contribution in [-0.4, -0.2) is 45.4 Å². The molecule has 4 heterocycles. The van der Waals surface area contributed by atoms with Gasteiger partial charge in [0, 0.05) is 50.3 Å². The van der Waals surface area contributed by atoms with Crippen molar-refractivity contribution in [2.75, 3.05) is 18.4 Å². The Bertz CT molecular complexity index is 1260. The average molecular weight is 504 g/mol. The number of fused-ring (bicyclic) bond motifs is 1. The minimum Gasteiger partial charge on any atom is -0.619 e. The van der Waals surface area contributed by atoms with Crippen LogP contribution in [0.2, 0.25) is 0 Å². The number of carbonyl (C=O) groups is 1. The predicted molar refractivity (Wildman–Crippen MR) is 122 cm³/mol. The summed E-state index contributed by atoms with van der Waals surface area (Å²) in [6.45, 7) is 1.64. The summed E-state index contributed by atoms with van der Waals surface area (Å²) < 4.78 is 59.1. The van der Waals surface area contributed by atoms with Gasteiger partial charge in [-0.3, -0.25) is 9.69 Å². The van der Waals surface area contributed by atoms with E-state index in [4.69, 9.17) is 0 Å². The van der Waals surface area contributed by atoms with Crippen molar-refractivity contribution in [3.63, 3.8) is 0 Å². The molecule has 7 nitrogen and oxygen atoms in total. The molecule has 2 aliphatic rings. The van der Waals surface area contributed by atoms with Crippen LogP contribution in [-0.2, 0) is 11.2 Å². The molecule has 0 radical (unpaired) electrons. The summed E-state index contributed by atoms with van der Waals surface area (Å²) in [5.41, 5.74) is 0.827. The molecular formula is C25H25F4N5O2. The second kappa shape index (κ2) is 9.20. The molecule has 1 fully saturated rings. The van der Waals surface area contributed by atoms with Gasteiger partial charge in [0.05, 0.1) is 18.0 Å². The van der Waals surface area contributed by atoms with Gasteiger partial charge in [0.15, 0.2) is 18.2 Å². The molecule has 36 heavy (non-hydrogen) atoms. The van der Waals surface area contributed by atoms with E-state index in [2.05, 4.69) is 10.3 Å². The van der Waals surface area contributed by atoms with Crippen molar-refractivity contribution in [3.8, 4) is 0 Å². The molecule has 0 bridgehead atoms. The Balaban J connectivity index is 1.28. The highest BCUT2D eigenvalue weighted by Gasteiger charge is 2.46. The molecular weight excluding hydrogens is 478 g/mol. The fourth-order valence-electron chi connectivity index (χ4n) is 5.13. The molecule has 0 aliphatic carbocycles. The molecule has 1 N–H and O–H groups in total. The number of aryl methyl sites for hydroxylation is 1. The Morgan fingerprint density at radius 2 is 1.89 bits per heavy atom. The van der Waals surface area contributed by atoms with Crippen molar-refractivity contribution >= 4 is 11.7 Å². The molecule has 190 valence electrons. The number of hydrogen-bond donors (Lipinski definition) is 1. The monoisotopic (exact) mass is 503 g/mol. The van der Waals surface area contributed by atoms with Crippen LogP contribution in [0.3, 0.4) is 0 Å². The van der Waals surface area contributed by atoms with Crippen molar-refractivity contribution in [3.05, 3.63) is 82.7 Å². The van der Waals surface area contributed by atoms with Gasteiger partial charge in [0.2, 0.25) is 5.91 Å². The van der Waals surface area contributed by atoms with Crippen molar-refractivity contribution < 1.29 is 27.1 Å². The van der Waals surface area contributed by atoms with E-state index < -0.39 is 41.8 Å². The lowest BCUT2D eigenvalue weighted by Crippen LogP contribution is -2.52. The number of halogens is 4. The first-order valence-electron chi connectivity index (χ1n) is 11.8. The second-order valence-corrected chi connectivity index (χ2v) is 9.42. The first-order valence-corrected chi connectivity index (χ1v) is 11.8. The normalized spacial score (nSPS) is 22.2. The molecule has 11 heteroatoms. The molecule has 3 aromatic rings. The minimum absolute atomic E-state index is 0.0410. The fourth-order valence-corrected chi connectivity index (χ4v) is 5.13. The summed E-state index contributed by atoms with van der Waals surface area (Å²) in [5.74, 6) is -4.84. The van der Waals surface area contributed by atoms with Crippen LogP contribution < -0.4 is 10.0 Å². The number of hydrogen-bond acceptors (Lipinski definition) is 4. The Kier molecular flexibility index (Phi) is 6.19. The van der Waals surface area contributed by atoms with E-state index in [0.717, 1.165) is 6.07 Å². The van der Waals surface area contributed by atoms with E-state index in [1.807, 2.05) is 0 Å². The van der Waals surface area contributed by atoms with Crippen LogP contribution in [0, 0.1) is 16.8 Å². The Labute approximate surface area is 204 Å². The Hall–Kier alpha value is -3.47. The number of rotatable bonds is 5. The first-order chi connectivity index (χ1) is 17.1. The molecule has 0 spiro atoms. The van der Waals surface area contributed by atoms with Gasteiger partial charge in [0.25, 0.3) is 5.92 Å². The van der Waals surface area contributed by atoms with Gasteiger partial charge in [-0.05, 0) is 36.6 Å². The third-order valence-corrected chi connectivity index (χ3v) is 7.12. The molecule has 2 aromatic heterocycles. The summed E-state index contributed by atoms with van der Waals surface area (Å²) in [6.07, 6.45) is 4.80. The van der Waals surface area contributed by atoms with E-state index in [0.29, 0.717) is 40.3 Å². The number of alkyl halides is 2. The maximum absolute atomic E-state index is 14.7. The van der Waals surface area contributed by atoms with Crippen molar-refractivity contribution in [2.24, 2.45) is 0 Å². The van der Waals surface area contributed by atoms with Gasteiger partial charge in [-0.2, -0.15) is 4.73 Å². The maximum atomic E-state index is 14.7. The third-order valence-electron chi connectivity index (χ3n) is 7.12. The van der Waals surface area contributed by atoms with E-state index >= 15 is 0 Å². The molecule has 1 aromatic carbocycles. The number of benzene rings is 1. The van der Waals surface area contributed by atoms with Crippen LogP contribution >= 0.6 is 0 Å². The Morgan fingerprint density at radius 3 is 2.58 bits per heavy atom. The lowest BCUT2D eigenvalue weighted by Gasteiger charge is -2.40. The van der Waals surface area contributed by atoms with Gasteiger partial charge in [-0.15, -0.1) is 0 Å². The van der Waals surface area contributed by atoms with Crippen LogP contribution in [0.15, 0.2) is 48.9 Å². The summed E-state index contributed by atoms with van der Waals surface area (Å²) in [5, 5.41) is 14.1. The Morgan fingerprint density at radius 1 is 1.19 bits per heavy atom. The number of imidazole rings is 1. The van der Waals surface area contributed by atoms with Gasteiger partial charge < -0.3 is 15.1 Å². The van der Waals surface area contributed by atoms with Crippen LogP contribution in [0.5, 0.6) is 0 Å². The van der Waals surface area contributed by atoms with Gasteiger partial charge in [0.1, 0.15) is 17.5 Å². The molecule has 0 saturated carbocycles. The number of anilines is 1. The average Bonchev–Trinajstić information content (AvgIpc) is 3.39. The lowest BCUT2D eigenvalue weighted by atomic mass is 9.87. The summed E-state index contributed by atoms with van der Waals surface area (Å²) in [4.78, 5) is 19.1. The molecule has 0 unspecified atom stereocenters. The number of carbonyl (C=O) groups excluding carboxylic acids is 1. The molecule has 2 aliphatic heterocycles. The number of aromatic nitrogens is 3. The quantitative estimate of drug-likeness (QED) is 0.327. The van der Waals surface area contributed by atoms with Crippen LogP contribution in [0.25, 0.3) is 0 Å². The van der Waals surface area contributed by atoms with Gasteiger partial charge in [-0.25, -0.2) is 22.5 Å². The zero-order valence-electron chi connectivity index (χ0n) is 19.5. The summed E-state index contributed by atoms with van der Waals surface area (Å²) >= 11 is 0. The summed E-state index contributed by atoms with van der Waals surface area (Å²) in [7, 11) is 0. The number of nitrogens with zero attached hydrogens (tertiary/aromatic N) is 4.